The highest BCUT2D eigenvalue weighted by Crippen LogP contribution is 2.34. The second kappa shape index (κ2) is 6.19. The molecule has 1 heterocycles. The summed E-state index contributed by atoms with van der Waals surface area (Å²) in [5.41, 5.74) is 0. The van der Waals surface area contributed by atoms with E-state index in [9.17, 15) is 0 Å². The van der Waals surface area contributed by atoms with E-state index >= 15 is 0 Å². The van der Waals surface area contributed by atoms with Crippen molar-refractivity contribution in [2.75, 3.05) is 19.6 Å². The summed E-state index contributed by atoms with van der Waals surface area (Å²) in [6, 6.07) is 1.67. The quantitative estimate of drug-likeness (QED) is 0.810. The van der Waals surface area contributed by atoms with Gasteiger partial charge >= 0.3 is 0 Å². The number of hydrogen-bond donors (Lipinski definition) is 1. The summed E-state index contributed by atoms with van der Waals surface area (Å²) in [5, 5.41) is 3.53. The molecule has 3 atom stereocenters. The van der Waals surface area contributed by atoms with Gasteiger partial charge in [0.25, 0.3) is 0 Å². The maximum atomic E-state index is 3.53. The highest BCUT2D eigenvalue weighted by atomic mass is 15.2. The van der Waals surface area contributed by atoms with Crippen LogP contribution in [-0.2, 0) is 0 Å². The maximum absolute atomic E-state index is 3.53. The molecule has 2 aliphatic rings. The molecule has 1 aliphatic heterocycles. The smallest absolute Gasteiger partial charge is 0.0235 e. The Hall–Kier alpha value is -0.0800. The van der Waals surface area contributed by atoms with Gasteiger partial charge in [-0.3, -0.25) is 4.90 Å². The van der Waals surface area contributed by atoms with Crippen LogP contribution in [-0.4, -0.2) is 36.6 Å². The van der Waals surface area contributed by atoms with Crippen molar-refractivity contribution in [1.29, 1.82) is 0 Å². The van der Waals surface area contributed by atoms with Crippen LogP contribution in [0, 0.1) is 11.8 Å². The lowest BCUT2D eigenvalue weighted by Crippen LogP contribution is -2.50. The molecule has 0 aromatic heterocycles. The summed E-state index contributed by atoms with van der Waals surface area (Å²) < 4.78 is 0. The predicted octanol–water partition coefficient (Wildman–Crippen LogP) is 2.89. The van der Waals surface area contributed by atoms with Crippen molar-refractivity contribution >= 4 is 0 Å². The fourth-order valence-corrected chi connectivity index (χ4v) is 4.02. The Bertz CT molecular complexity index is 221. The van der Waals surface area contributed by atoms with E-state index in [2.05, 4.69) is 31.0 Å². The molecule has 17 heavy (non-hydrogen) atoms. The molecule has 2 rings (SSSR count). The van der Waals surface area contributed by atoms with Crippen molar-refractivity contribution in [3.8, 4) is 0 Å². The van der Waals surface area contributed by atoms with Crippen molar-refractivity contribution in [2.45, 2.75) is 65.0 Å². The van der Waals surface area contributed by atoms with Gasteiger partial charge in [-0.1, -0.05) is 33.6 Å². The Morgan fingerprint density at radius 1 is 1.18 bits per heavy atom. The molecule has 1 saturated heterocycles. The van der Waals surface area contributed by atoms with Gasteiger partial charge in [-0.15, -0.1) is 0 Å². The molecule has 0 radical (unpaired) electrons. The largest absolute Gasteiger partial charge is 0.315 e. The molecule has 2 nitrogen and oxygen atoms in total. The molecule has 1 N–H and O–H groups in total. The van der Waals surface area contributed by atoms with Crippen molar-refractivity contribution in [3.63, 3.8) is 0 Å². The molecule has 2 heteroatoms. The van der Waals surface area contributed by atoms with E-state index in [1.165, 1.54) is 51.7 Å². The third kappa shape index (κ3) is 3.03. The highest BCUT2D eigenvalue weighted by Gasteiger charge is 2.35. The fraction of sp³-hybridized carbons (Fsp3) is 1.00. The molecular weight excluding hydrogens is 208 g/mol. The number of nitrogens with one attached hydrogen (secondary N) is 1. The van der Waals surface area contributed by atoms with Crippen LogP contribution >= 0.6 is 0 Å². The summed E-state index contributed by atoms with van der Waals surface area (Å²) in [5.74, 6) is 1.79. The monoisotopic (exact) mass is 238 g/mol. The lowest BCUT2D eigenvalue weighted by atomic mass is 9.76. The van der Waals surface area contributed by atoms with Gasteiger partial charge in [-0.25, -0.2) is 0 Å². The lowest BCUT2D eigenvalue weighted by molar-refractivity contribution is 0.0540. The van der Waals surface area contributed by atoms with Crippen LogP contribution in [0.1, 0.15) is 52.9 Å². The van der Waals surface area contributed by atoms with E-state index in [1.807, 2.05) is 0 Å². The van der Waals surface area contributed by atoms with Crippen molar-refractivity contribution in [3.05, 3.63) is 0 Å². The van der Waals surface area contributed by atoms with Crippen molar-refractivity contribution in [1.82, 2.24) is 10.2 Å². The number of rotatable bonds is 4. The number of hydrogen-bond acceptors (Lipinski definition) is 2. The topological polar surface area (TPSA) is 15.3 Å². The predicted molar refractivity (Wildman–Crippen MR) is 74.2 cm³/mol. The van der Waals surface area contributed by atoms with Gasteiger partial charge in [-0.2, -0.15) is 0 Å². The molecule has 2 fully saturated rings. The van der Waals surface area contributed by atoms with Gasteiger partial charge in [0.1, 0.15) is 0 Å². The molecule has 100 valence electrons. The maximum Gasteiger partial charge on any atom is 0.0235 e. The lowest BCUT2D eigenvalue weighted by Gasteiger charge is -2.44. The first-order valence-corrected chi connectivity index (χ1v) is 7.70. The minimum atomic E-state index is 0.810. The van der Waals surface area contributed by atoms with Crippen LogP contribution in [0.2, 0.25) is 0 Å². The van der Waals surface area contributed by atoms with E-state index in [4.69, 9.17) is 0 Å². The Morgan fingerprint density at radius 2 is 1.94 bits per heavy atom. The Kier molecular flexibility index (Phi) is 4.87. The van der Waals surface area contributed by atoms with E-state index < -0.39 is 0 Å². The number of nitrogens with zero attached hydrogens (tertiary/aromatic N) is 1. The Labute approximate surface area is 107 Å². The standard InChI is InChI=1S/C15H30N2/c1-4-17(13-9-10-16-11-13)15-8-6-5-7-14(15)12(2)3/h12-16H,4-11H2,1-3H3. The van der Waals surface area contributed by atoms with Gasteiger partial charge in [0.05, 0.1) is 0 Å². The SMILES string of the molecule is CCN(C1CCNC1)C1CCCCC1C(C)C. The first-order chi connectivity index (χ1) is 8.24. The zero-order valence-corrected chi connectivity index (χ0v) is 11.9. The summed E-state index contributed by atoms with van der Waals surface area (Å²) in [7, 11) is 0. The first kappa shape index (κ1) is 13.4. The summed E-state index contributed by atoms with van der Waals surface area (Å²) in [6.45, 7) is 10.9. The van der Waals surface area contributed by atoms with Gasteiger partial charge < -0.3 is 5.32 Å². The molecule has 1 aliphatic carbocycles. The summed E-state index contributed by atoms with van der Waals surface area (Å²) >= 11 is 0. The summed E-state index contributed by atoms with van der Waals surface area (Å²) in [6.07, 6.45) is 7.16. The second-order valence-corrected chi connectivity index (χ2v) is 6.24. The Morgan fingerprint density at radius 3 is 2.53 bits per heavy atom. The van der Waals surface area contributed by atoms with Gasteiger partial charge in [-0.05, 0) is 44.2 Å². The highest BCUT2D eigenvalue weighted by molar-refractivity contribution is 4.90. The molecule has 0 aromatic carbocycles. The zero-order chi connectivity index (χ0) is 12.3. The van der Waals surface area contributed by atoms with Crippen LogP contribution in [0.25, 0.3) is 0 Å². The van der Waals surface area contributed by atoms with Gasteiger partial charge in [0.15, 0.2) is 0 Å². The molecule has 0 amide bonds. The molecule has 3 unspecified atom stereocenters. The van der Waals surface area contributed by atoms with Crippen molar-refractivity contribution in [2.24, 2.45) is 11.8 Å². The minimum Gasteiger partial charge on any atom is -0.315 e. The van der Waals surface area contributed by atoms with Crippen molar-refractivity contribution < 1.29 is 0 Å². The molecule has 0 aromatic rings. The first-order valence-electron chi connectivity index (χ1n) is 7.70. The molecule has 1 saturated carbocycles. The third-order valence-corrected chi connectivity index (χ3v) is 4.93. The van der Waals surface area contributed by atoms with E-state index in [0.717, 1.165) is 23.9 Å². The van der Waals surface area contributed by atoms with Gasteiger partial charge in [0.2, 0.25) is 0 Å². The third-order valence-electron chi connectivity index (χ3n) is 4.93. The number of likely N-dealkylation sites (N-methyl/N-ethyl adjacent to an activating group) is 1. The average Bonchev–Trinajstić information content (AvgIpc) is 2.84. The normalized spacial score (nSPS) is 34.8. The van der Waals surface area contributed by atoms with E-state index in [1.54, 1.807) is 0 Å². The van der Waals surface area contributed by atoms with Crippen LogP contribution in [0.5, 0.6) is 0 Å². The summed E-state index contributed by atoms with van der Waals surface area (Å²) in [4.78, 5) is 2.82. The Balaban J connectivity index is 2.04. The van der Waals surface area contributed by atoms with Gasteiger partial charge in [0, 0.05) is 18.6 Å². The van der Waals surface area contributed by atoms with Crippen LogP contribution < -0.4 is 5.32 Å². The average molecular weight is 238 g/mol. The molecule has 0 spiro atoms. The zero-order valence-electron chi connectivity index (χ0n) is 11.9. The van der Waals surface area contributed by atoms with Crippen LogP contribution in [0.15, 0.2) is 0 Å². The van der Waals surface area contributed by atoms with E-state index in [0.29, 0.717) is 0 Å². The molecule has 0 bridgehead atoms. The fourth-order valence-electron chi connectivity index (χ4n) is 4.02. The van der Waals surface area contributed by atoms with Crippen LogP contribution in [0.4, 0.5) is 0 Å². The molecular formula is C15H30N2. The van der Waals surface area contributed by atoms with Crippen LogP contribution in [0.3, 0.4) is 0 Å². The second-order valence-electron chi connectivity index (χ2n) is 6.24. The minimum absolute atomic E-state index is 0.810. The van der Waals surface area contributed by atoms with E-state index in [-0.39, 0.29) is 0 Å².